The first kappa shape index (κ1) is 10.8. The summed E-state index contributed by atoms with van der Waals surface area (Å²) >= 11 is 1.66. The maximum atomic E-state index is 12.5. The van der Waals surface area contributed by atoms with Gasteiger partial charge in [0.05, 0.1) is 7.11 Å². The van der Waals surface area contributed by atoms with Gasteiger partial charge in [0.25, 0.3) is 0 Å². The highest BCUT2D eigenvalue weighted by Gasteiger charge is 2.30. The number of fused-ring (bicyclic) bond motifs is 5. The molecule has 1 heterocycles. The molecule has 1 aliphatic carbocycles. The summed E-state index contributed by atoms with van der Waals surface area (Å²) in [6.07, 6.45) is 0. The summed E-state index contributed by atoms with van der Waals surface area (Å²) in [6, 6.07) is 13.7. The molecule has 4 rings (SSSR count). The minimum atomic E-state index is 0.141. The lowest BCUT2D eigenvalue weighted by Crippen LogP contribution is -1.94. The number of hydrogen-bond acceptors (Lipinski definition) is 3. The van der Waals surface area contributed by atoms with Crippen LogP contribution >= 0.6 is 11.3 Å². The molecule has 3 heteroatoms. The zero-order chi connectivity index (χ0) is 13.0. The van der Waals surface area contributed by atoms with Crippen LogP contribution in [0.15, 0.2) is 42.5 Å². The van der Waals surface area contributed by atoms with E-state index in [2.05, 4.69) is 0 Å². The van der Waals surface area contributed by atoms with Crippen LogP contribution in [0.5, 0.6) is 5.75 Å². The second kappa shape index (κ2) is 3.68. The van der Waals surface area contributed by atoms with Crippen LogP contribution in [0.4, 0.5) is 0 Å². The van der Waals surface area contributed by atoms with E-state index in [9.17, 15) is 4.79 Å². The largest absolute Gasteiger partial charge is 0.497 e. The van der Waals surface area contributed by atoms with Crippen LogP contribution < -0.4 is 4.74 Å². The maximum Gasteiger partial charge on any atom is 0.195 e. The lowest BCUT2D eigenvalue weighted by atomic mass is 10.1. The van der Waals surface area contributed by atoms with Gasteiger partial charge in [0.1, 0.15) is 5.75 Å². The van der Waals surface area contributed by atoms with E-state index in [1.165, 1.54) is 0 Å². The van der Waals surface area contributed by atoms with Crippen LogP contribution in [-0.4, -0.2) is 12.9 Å². The Bertz CT molecular complexity index is 830. The van der Waals surface area contributed by atoms with Crippen molar-refractivity contribution in [3.05, 3.63) is 53.6 Å². The Labute approximate surface area is 114 Å². The number of methoxy groups -OCH3 is 1. The van der Waals surface area contributed by atoms with Crippen molar-refractivity contribution in [3.63, 3.8) is 0 Å². The van der Waals surface area contributed by atoms with Gasteiger partial charge in [0.15, 0.2) is 5.78 Å². The third-order valence-corrected chi connectivity index (χ3v) is 4.73. The fraction of sp³-hybridized carbons (Fsp3) is 0.0625. The summed E-state index contributed by atoms with van der Waals surface area (Å²) in [5.74, 6) is 0.968. The average molecular weight is 266 g/mol. The van der Waals surface area contributed by atoms with Gasteiger partial charge in [-0.15, -0.1) is 11.3 Å². The lowest BCUT2D eigenvalue weighted by molar-refractivity contribution is 0.104. The Morgan fingerprint density at radius 2 is 1.84 bits per heavy atom. The Morgan fingerprint density at radius 3 is 2.63 bits per heavy atom. The molecule has 0 bridgehead atoms. The Morgan fingerprint density at radius 1 is 1.05 bits per heavy atom. The molecule has 1 aromatic heterocycles. The number of carbonyl (C=O) groups excluding carboxylic acids is 1. The van der Waals surface area contributed by atoms with Gasteiger partial charge in [-0.3, -0.25) is 4.79 Å². The predicted octanol–water partition coefficient (Wildman–Crippen LogP) is 4.12. The van der Waals surface area contributed by atoms with Crippen LogP contribution in [0.2, 0.25) is 0 Å². The highest BCUT2D eigenvalue weighted by molar-refractivity contribution is 7.23. The molecule has 92 valence electrons. The van der Waals surface area contributed by atoms with Crippen molar-refractivity contribution in [2.75, 3.05) is 7.11 Å². The molecule has 0 atom stereocenters. The molecule has 0 saturated heterocycles. The first-order valence-corrected chi connectivity index (χ1v) is 6.86. The molecule has 0 N–H and O–H groups in total. The van der Waals surface area contributed by atoms with Gasteiger partial charge in [0, 0.05) is 31.7 Å². The fourth-order valence-electron chi connectivity index (χ4n) is 2.63. The summed E-state index contributed by atoms with van der Waals surface area (Å²) in [5.41, 5.74) is 2.73. The second-order valence-corrected chi connectivity index (χ2v) is 5.60. The molecule has 2 aromatic carbocycles. The van der Waals surface area contributed by atoms with Crippen LogP contribution in [-0.2, 0) is 0 Å². The van der Waals surface area contributed by atoms with E-state index in [-0.39, 0.29) is 5.78 Å². The molecule has 1 aliphatic rings. The van der Waals surface area contributed by atoms with E-state index in [1.807, 2.05) is 42.5 Å². The van der Waals surface area contributed by atoms with Gasteiger partial charge < -0.3 is 4.74 Å². The minimum absolute atomic E-state index is 0.141. The van der Waals surface area contributed by atoms with Crippen molar-refractivity contribution in [3.8, 4) is 16.2 Å². The number of hydrogen-bond donors (Lipinski definition) is 0. The summed E-state index contributed by atoms with van der Waals surface area (Å²) in [4.78, 5) is 13.6. The fourth-order valence-corrected chi connectivity index (χ4v) is 3.90. The monoisotopic (exact) mass is 266 g/mol. The average Bonchev–Trinajstić information content (AvgIpc) is 2.95. The Hall–Kier alpha value is -2.13. The maximum absolute atomic E-state index is 12.5. The zero-order valence-corrected chi connectivity index (χ0v) is 11.1. The summed E-state index contributed by atoms with van der Waals surface area (Å²) in [5, 5.41) is 1.03. The van der Waals surface area contributed by atoms with Crippen LogP contribution in [0.25, 0.3) is 20.5 Å². The first-order chi connectivity index (χ1) is 9.29. The molecule has 0 radical (unpaired) electrons. The number of benzene rings is 2. The molecular formula is C16H10O2S. The molecule has 0 aliphatic heterocycles. The van der Waals surface area contributed by atoms with Crippen molar-refractivity contribution in [2.24, 2.45) is 0 Å². The van der Waals surface area contributed by atoms with Gasteiger partial charge in [-0.1, -0.05) is 24.3 Å². The first-order valence-electron chi connectivity index (χ1n) is 6.04. The van der Waals surface area contributed by atoms with Crippen molar-refractivity contribution < 1.29 is 9.53 Å². The minimum Gasteiger partial charge on any atom is -0.497 e. The van der Waals surface area contributed by atoms with Crippen LogP contribution in [0.3, 0.4) is 0 Å². The number of thiophene rings is 1. The van der Waals surface area contributed by atoms with Crippen molar-refractivity contribution in [1.29, 1.82) is 0 Å². The van der Waals surface area contributed by atoms with Gasteiger partial charge in [-0.25, -0.2) is 0 Å². The van der Waals surface area contributed by atoms with Gasteiger partial charge in [-0.2, -0.15) is 0 Å². The van der Waals surface area contributed by atoms with E-state index >= 15 is 0 Å². The van der Waals surface area contributed by atoms with Crippen molar-refractivity contribution in [1.82, 2.24) is 0 Å². The van der Waals surface area contributed by atoms with Crippen LogP contribution in [0, 0.1) is 0 Å². The quantitative estimate of drug-likeness (QED) is 0.518. The SMILES string of the molecule is COc1ccc2c3c(sc2c1)-c1ccccc1C3=O. The predicted molar refractivity (Wildman–Crippen MR) is 77.2 cm³/mol. The number of ether oxygens (including phenoxy) is 1. The molecule has 0 unspecified atom stereocenters. The second-order valence-electron chi connectivity index (χ2n) is 4.54. The van der Waals surface area contributed by atoms with Crippen molar-refractivity contribution >= 4 is 27.2 Å². The third-order valence-electron chi connectivity index (χ3n) is 3.54. The van der Waals surface area contributed by atoms with E-state index < -0.39 is 0 Å². The third kappa shape index (κ3) is 1.33. The molecule has 0 amide bonds. The molecule has 19 heavy (non-hydrogen) atoms. The molecular weight excluding hydrogens is 256 g/mol. The lowest BCUT2D eigenvalue weighted by Gasteiger charge is -2.00. The summed E-state index contributed by atoms with van der Waals surface area (Å²) in [6.45, 7) is 0. The van der Waals surface area contributed by atoms with Gasteiger partial charge >= 0.3 is 0 Å². The van der Waals surface area contributed by atoms with E-state index in [0.717, 1.165) is 37.4 Å². The highest BCUT2D eigenvalue weighted by atomic mass is 32.1. The zero-order valence-electron chi connectivity index (χ0n) is 10.3. The Balaban J connectivity index is 2.08. The highest BCUT2D eigenvalue weighted by Crippen LogP contribution is 2.46. The smallest absolute Gasteiger partial charge is 0.195 e. The molecule has 0 saturated carbocycles. The number of rotatable bonds is 1. The van der Waals surface area contributed by atoms with Gasteiger partial charge in [-0.05, 0) is 18.2 Å². The van der Waals surface area contributed by atoms with Gasteiger partial charge in [0.2, 0.25) is 0 Å². The normalized spacial score (nSPS) is 12.6. The standard InChI is InChI=1S/C16H10O2S/c1-18-9-6-7-12-13(8-9)19-16-11-5-3-2-4-10(11)15(17)14(12)16/h2-8H,1H3. The van der Waals surface area contributed by atoms with Crippen LogP contribution in [0.1, 0.15) is 15.9 Å². The van der Waals surface area contributed by atoms with E-state index in [1.54, 1.807) is 18.4 Å². The molecule has 0 spiro atoms. The molecule has 0 fully saturated rings. The number of ketones is 1. The Kier molecular flexibility index (Phi) is 2.09. The molecule has 3 aromatic rings. The topological polar surface area (TPSA) is 26.3 Å². The van der Waals surface area contributed by atoms with E-state index in [0.29, 0.717) is 0 Å². The molecule has 2 nitrogen and oxygen atoms in total. The summed E-state index contributed by atoms with van der Waals surface area (Å²) in [7, 11) is 1.66. The van der Waals surface area contributed by atoms with Crippen molar-refractivity contribution in [2.45, 2.75) is 0 Å². The number of carbonyl (C=O) groups is 1. The van der Waals surface area contributed by atoms with E-state index in [4.69, 9.17) is 4.74 Å². The summed E-state index contributed by atoms with van der Waals surface area (Å²) < 4.78 is 6.35.